The summed E-state index contributed by atoms with van der Waals surface area (Å²) in [6, 6.07) is 7.99. The van der Waals surface area contributed by atoms with E-state index in [0.717, 1.165) is 42.7 Å². The summed E-state index contributed by atoms with van der Waals surface area (Å²) in [5.41, 5.74) is 1.20. The van der Waals surface area contributed by atoms with E-state index < -0.39 is 11.4 Å². The molecule has 2 aromatic rings. The fourth-order valence-electron chi connectivity index (χ4n) is 4.48. The molecule has 0 spiro atoms. The van der Waals surface area contributed by atoms with Crippen LogP contribution in [0.15, 0.2) is 24.3 Å². The van der Waals surface area contributed by atoms with Gasteiger partial charge in [-0.2, -0.15) is 0 Å². The normalized spacial score (nSPS) is 21.7. The first-order valence-electron chi connectivity index (χ1n) is 9.54. The molecule has 1 aliphatic carbocycles. The van der Waals surface area contributed by atoms with Crippen LogP contribution in [0.4, 0.5) is 0 Å². The second-order valence-corrected chi connectivity index (χ2v) is 7.56. The van der Waals surface area contributed by atoms with E-state index in [2.05, 4.69) is 17.6 Å². The van der Waals surface area contributed by atoms with Gasteiger partial charge < -0.3 is 14.6 Å². The highest BCUT2D eigenvalue weighted by atomic mass is 16.4. The van der Waals surface area contributed by atoms with Gasteiger partial charge in [-0.15, -0.1) is 0 Å². The van der Waals surface area contributed by atoms with E-state index >= 15 is 0 Å². The minimum absolute atomic E-state index is 0.0377. The van der Waals surface area contributed by atoms with E-state index in [1.54, 1.807) is 0 Å². The third-order valence-electron chi connectivity index (χ3n) is 6.13. The summed E-state index contributed by atoms with van der Waals surface area (Å²) in [6.07, 6.45) is 4.05. The summed E-state index contributed by atoms with van der Waals surface area (Å²) in [5, 5.41) is 9.55. The number of hydrogen-bond acceptors (Lipinski definition) is 3. The summed E-state index contributed by atoms with van der Waals surface area (Å²) in [4.78, 5) is 31.3. The van der Waals surface area contributed by atoms with Gasteiger partial charge in [0.1, 0.15) is 5.82 Å². The number of amides is 1. The predicted octanol–water partition coefficient (Wildman–Crippen LogP) is 3.36. The molecule has 138 valence electrons. The first kappa shape index (κ1) is 17.1. The zero-order valence-corrected chi connectivity index (χ0v) is 15.1. The van der Waals surface area contributed by atoms with Crippen molar-refractivity contribution in [3.05, 3.63) is 30.1 Å². The van der Waals surface area contributed by atoms with Crippen LogP contribution in [0.1, 0.15) is 57.3 Å². The van der Waals surface area contributed by atoms with E-state index in [-0.39, 0.29) is 18.4 Å². The van der Waals surface area contributed by atoms with Gasteiger partial charge in [0.2, 0.25) is 5.91 Å². The maximum Gasteiger partial charge on any atom is 0.310 e. The number of carbonyl (C=O) groups is 2. The average molecular weight is 355 g/mol. The molecule has 26 heavy (non-hydrogen) atoms. The van der Waals surface area contributed by atoms with E-state index in [4.69, 9.17) is 4.98 Å². The van der Waals surface area contributed by atoms with Crippen molar-refractivity contribution in [2.45, 2.75) is 58.0 Å². The van der Waals surface area contributed by atoms with E-state index in [9.17, 15) is 14.7 Å². The van der Waals surface area contributed by atoms with Crippen LogP contribution in [0.3, 0.4) is 0 Å². The summed E-state index contributed by atoms with van der Waals surface area (Å²) >= 11 is 0. The summed E-state index contributed by atoms with van der Waals surface area (Å²) in [7, 11) is 0. The van der Waals surface area contributed by atoms with Crippen LogP contribution >= 0.6 is 0 Å². The van der Waals surface area contributed by atoms with Crippen LogP contribution in [-0.4, -0.2) is 38.0 Å². The van der Waals surface area contributed by atoms with Gasteiger partial charge in [0.25, 0.3) is 0 Å². The van der Waals surface area contributed by atoms with Gasteiger partial charge in [-0.25, -0.2) is 4.98 Å². The Bertz CT molecular complexity index is 853. The highest BCUT2D eigenvalue weighted by molar-refractivity contribution is 5.86. The number of carbonyl (C=O) groups excluding carboxylic acids is 1. The van der Waals surface area contributed by atoms with Crippen molar-refractivity contribution in [3.63, 3.8) is 0 Å². The molecule has 1 aromatic carbocycles. The lowest BCUT2D eigenvalue weighted by Gasteiger charge is -2.38. The molecule has 0 radical (unpaired) electrons. The quantitative estimate of drug-likeness (QED) is 0.892. The Hall–Kier alpha value is -2.37. The zero-order valence-electron chi connectivity index (χ0n) is 15.1. The Kier molecular flexibility index (Phi) is 4.21. The van der Waals surface area contributed by atoms with Gasteiger partial charge in [0.15, 0.2) is 0 Å². The number of nitrogens with zero attached hydrogens (tertiary/aromatic N) is 3. The van der Waals surface area contributed by atoms with Crippen LogP contribution in [0.2, 0.25) is 0 Å². The summed E-state index contributed by atoms with van der Waals surface area (Å²) in [6.45, 7) is 3.58. The molecule has 6 heteroatoms. The third-order valence-corrected chi connectivity index (χ3v) is 6.13. The molecular formula is C20H25N3O3. The molecule has 1 saturated carbocycles. The van der Waals surface area contributed by atoms with Crippen LogP contribution in [0, 0.1) is 5.41 Å². The van der Waals surface area contributed by atoms with Gasteiger partial charge >= 0.3 is 5.97 Å². The SMILES string of the molecule is CCn1c(C2CCCN2C(=O)CC2(C(=O)O)CCC2)nc2ccccc21. The van der Waals surface area contributed by atoms with Gasteiger partial charge in [0.05, 0.1) is 22.5 Å². The van der Waals surface area contributed by atoms with Crippen molar-refractivity contribution < 1.29 is 14.7 Å². The predicted molar refractivity (Wildman–Crippen MR) is 97.6 cm³/mol. The van der Waals surface area contributed by atoms with Gasteiger partial charge in [-0.3, -0.25) is 9.59 Å². The molecule has 1 N–H and O–H groups in total. The van der Waals surface area contributed by atoms with Crippen molar-refractivity contribution in [1.29, 1.82) is 0 Å². The van der Waals surface area contributed by atoms with Crippen molar-refractivity contribution in [3.8, 4) is 0 Å². The molecule has 1 unspecified atom stereocenters. The molecule has 0 bridgehead atoms. The third kappa shape index (κ3) is 2.59. The number of aryl methyl sites for hydroxylation is 1. The number of benzene rings is 1. The topological polar surface area (TPSA) is 75.4 Å². The second kappa shape index (κ2) is 6.41. The molecule has 1 amide bonds. The lowest BCUT2D eigenvalue weighted by Crippen LogP contribution is -2.44. The molecule has 2 fully saturated rings. The fourth-order valence-corrected chi connectivity index (χ4v) is 4.48. The molecule has 1 aromatic heterocycles. The largest absolute Gasteiger partial charge is 0.481 e. The van der Waals surface area contributed by atoms with Gasteiger partial charge in [-0.1, -0.05) is 18.6 Å². The molecule has 1 saturated heterocycles. The van der Waals surface area contributed by atoms with Crippen molar-refractivity contribution in [1.82, 2.24) is 14.5 Å². The molecule has 2 heterocycles. The van der Waals surface area contributed by atoms with Crippen LogP contribution in [0.5, 0.6) is 0 Å². The minimum Gasteiger partial charge on any atom is -0.481 e. The van der Waals surface area contributed by atoms with Crippen molar-refractivity contribution >= 4 is 22.9 Å². The number of imidazole rings is 1. The molecule has 4 rings (SSSR count). The van der Waals surface area contributed by atoms with E-state index in [1.807, 2.05) is 23.1 Å². The number of aliphatic carboxylic acids is 1. The van der Waals surface area contributed by atoms with Crippen LogP contribution in [-0.2, 0) is 16.1 Å². The smallest absolute Gasteiger partial charge is 0.310 e. The number of para-hydroxylation sites is 2. The molecule has 6 nitrogen and oxygen atoms in total. The number of carboxylic acid groups (broad SMARTS) is 1. The number of hydrogen-bond donors (Lipinski definition) is 1. The number of likely N-dealkylation sites (tertiary alicyclic amines) is 1. The van der Waals surface area contributed by atoms with Gasteiger partial charge in [-0.05, 0) is 44.7 Å². The summed E-state index contributed by atoms with van der Waals surface area (Å²) in [5.74, 6) is 0.0653. The Labute approximate surface area is 152 Å². The standard InChI is InChI=1S/C20H25N3O3/c1-2-22-15-8-4-3-7-14(15)21-18(22)16-9-5-12-23(16)17(24)13-20(19(25)26)10-6-11-20/h3-4,7-8,16H,2,5-6,9-13H2,1H3,(H,25,26). The van der Waals surface area contributed by atoms with Crippen LogP contribution in [0.25, 0.3) is 11.0 Å². The average Bonchev–Trinajstić information content (AvgIpc) is 3.21. The number of aromatic nitrogens is 2. The first-order chi connectivity index (χ1) is 12.6. The van der Waals surface area contributed by atoms with Crippen molar-refractivity contribution in [2.24, 2.45) is 5.41 Å². The zero-order chi connectivity index (χ0) is 18.3. The van der Waals surface area contributed by atoms with E-state index in [0.29, 0.717) is 19.4 Å². The van der Waals surface area contributed by atoms with Crippen LogP contribution < -0.4 is 0 Å². The second-order valence-electron chi connectivity index (χ2n) is 7.56. The van der Waals surface area contributed by atoms with Gasteiger partial charge in [0, 0.05) is 19.5 Å². The lowest BCUT2D eigenvalue weighted by atomic mass is 9.66. The van der Waals surface area contributed by atoms with E-state index in [1.165, 1.54) is 0 Å². The maximum absolute atomic E-state index is 13.0. The Morgan fingerprint density at radius 1 is 1.27 bits per heavy atom. The molecule has 1 aliphatic heterocycles. The monoisotopic (exact) mass is 355 g/mol. The Morgan fingerprint density at radius 3 is 2.69 bits per heavy atom. The maximum atomic E-state index is 13.0. The highest BCUT2D eigenvalue weighted by Gasteiger charge is 2.47. The summed E-state index contributed by atoms with van der Waals surface area (Å²) < 4.78 is 2.18. The minimum atomic E-state index is -0.838. The lowest BCUT2D eigenvalue weighted by molar-refractivity contribution is -0.159. The first-order valence-corrected chi connectivity index (χ1v) is 9.54. The fraction of sp³-hybridized carbons (Fsp3) is 0.550. The Morgan fingerprint density at radius 2 is 2.04 bits per heavy atom. The number of rotatable bonds is 5. The molecule has 2 aliphatic rings. The molecular weight excluding hydrogens is 330 g/mol. The van der Waals surface area contributed by atoms with Crippen molar-refractivity contribution in [2.75, 3.05) is 6.54 Å². The Balaban J connectivity index is 1.63. The number of carboxylic acids is 1. The number of fused-ring (bicyclic) bond motifs is 1. The highest BCUT2D eigenvalue weighted by Crippen LogP contribution is 2.45. The molecule has 1 atom stereocenters.